The van der Waals surface area contributed by atoms with Gasteiger partial charge in [0.2, 0.25) is 17.2 Å². The summed E-state index contributed by atoms with van der Waals surface area (Å²) in [5.74, 6) is -5.51. The average molecular weight is 363 g/mol. The average Bonchev–Trinajstić information content (AvgIpc) is 2.49. The van der Waals surface area contributed by atoms with Crippen molar-refractivity contribution in [2.45, 2.75) is 56.8 Å². The highest BCUT2D eigenvalue weighted by atomic mass is 16.4. The highest BCUT2D eigenvalue weighted by molar-refractivity contribution is 6.02. The van der Waals surface area contributed by atoms with Crippen molar-refractivity contribution in [1.82, 2.24) is 5.32 Å². The zero-order valence-corrected chi connectivity index (χ0v) is 14.0. The molecule has 142 valence electrons. The van der Waals surface area contributed by atoms with Gasteiger partial charge in [-0.05, 0) is 20.8 Å². The van der Waals surface area contributed by atoms with Gasteiger partial charge in [-0.1, -0.05) is 0 Å². The zero-order chi connectivity index (χ0) is 20.4. The summed E-state index contributed by atoms with van der Waals surface area (Å²) in [6.07, 6.45) is -5.83. The fourth-order valence-electron chi connectivity index (χ4n) is 2.43. The van der Waals surface area contributed by atoms with Crippen LogP contribution in [0.5, 0.6) is 0 Å². The molecule has 11 nitrogen and oxygen atoms in total. The van der Waals surface area contributed by atoms with E-state index in [0.29, 0.717) is 13.8 Å². The molecule has 0 saturated carbocycles. The fourth-order valence-corrected chi connectivity index (χ4v) is 2.43. The van der Waals surface area contributed by atoms with Crippen LogP contribution in [0.4, 0.5) is 0 Å². The van der Waals surface area contributed by atoms with Gasteiger partial charge in [-0.3, -0.25) is 24.0 Å². The molecule has 0 spiro atoms. The molecule has 0 aliphatic rings. The standard InChI is InChI=1S/C14H21NO10/c1-6(17)10(21)11(22)13(24,7(2)18)14(25,8(3)19)12(23,5-16)15-9(4)20/h5,10-11,21-25H,1-4H3,(H,15,20)/t10?,11-,12+,13-,14-/m1/s1. The van der Waals surface area contributed by atoms with Crippen LogP contribution in [0.2, 0.25) is 0 Å². The molecule has 1 unspecified atom stereocenters. The SMILES string of the molecule is CC(=O)N[C@](O)(C=O)[C@](O)(C(C)=O)[C@@](O)(C(C)=O)[C@H](O)C(O)C(C)=O. The van der Waals surface area contributed by atoms with Gasteiger partial charge >= 0.3 is 0 Å². The molecule has 0 rings (SSSR count). The second-order valence-electron chi connectivity index (χ2n) is 5.65. The van der Waals surface area contributed by atoms with Crippen molar-refractivity contribution in [3.8, 4) is 0 Å². The molecule has 6 N–H and O–H groups in total. The highest BCUT2D eigenvalue weighted by Gasteiger charge is 2.72. The Labute approximate surface area is 142 Å². The van der Waals surface area contributed by atoms with Crippen molar-refractivity contribution in [1.29, 1.82) is 0 Å². The van der Waals surface area contributed by atoms with Gasteiger partial charge in [-0.25, -0.2) is 0 Å². The van der Waals surface area contributed by atoms with Crippen LogP contribution in [-0.2, 0) is 24.0 Å². The van der Waals surface area contributed by atoms with E-state index in [2.05, 4.69) is 0 Å². The van der Waals surface area contributed by atoms with Crippen LogP contribution in [0.25, 0.3) is 0 Å². The zero-order valence-electron chi connectivity index (χ0n) is 14.0. The van der Waals surface area contributed by atoms with E-state index in [4.69, 9.17) is 0 Å². The topological polar surface area (TPSA) is 199 Å². The summed E-state index contributed by atoms with van der Waals surface area (Å²) in [6.45, 7) is 2.64. The third-order valence-electron chi connectivity index (χ3n) is 3.83. The van der Waals surface area contributed by atoms with Crippen LogP contribution in [0.3, 0.4) is 0 Å². The van der Waals surface area contributed by atoms with Crippen molar-refractivity contribution in [3.05, 3.63) is 0 Å². The normalized spacial score (nSPS) is 20.8. The Morgan fingerprint density at radius 2 is 1.36 bits per heavy atom. The van der Waals surface area contributed by atoms with Crippen molar-refractivity contribution >= 4 is 29.5 Å². The quantitative estimate of drug-likeness (QED) is 0.173. The second kappa shape index (κ2) is 7.45. The van der Waals surface area contributed by atoms with Gasteiger partial charge < -0.3 is 30.8 Å². The first kappa shape index (κ1) is 22.9. The Balaban J connectivity index is 6.82. The van der Waals surface area contributed by atoms with E-state index in [0.717, 1.165) is 13.8 Å². The summed E-state index contributed by atoms with van der Waals surface area (Å²) in [5.41, 5.74) is -11.1. The first-order valence-electron chi connectivity index (χ1n) is 6.94. The molecule has 1 amide bonds. The summed E-state index contributed by atoms with van der Waals surface area (Å²) in [7, 11) is 0. The van der Waals surface area contributed by atoms with Crippen LogP contribution in [0.1, 0.15) is 27.7 Å². The first-order valence-corrected chi connectivity index (χ1v) is 6.94. The van der Waals surface area contributed by atoms with Crippen LogP contribution in [-0.4, -0.2) is 84.2 Å². The summed E-state index contributed by atoms with van der Waals surface area (Å²) < 4.78 is 0. The molecule has 11 heteroatoms. The Morgan fingerprint density at radius 1 is 0.920 bits per heavy atom. The molecule has 0 aliphatic heterocycles. The smallest absolute Gasteiger partial charge is 0.235 e. The molecule has 0 aromatic rings. The second-order valence-corrected chi connectivity index (χ2v) is 5.65. The predicted octanol–water partition coefficient (Wildman–Crippen LogP) is -4.04. The molecule has 0 saturated heterocycles. The molecular formula is C14H21NO10. The monoisotopic (exact) mass is 363 g/mol. The van der Waals surface area contributed by atoms with Crippen molar-refractivity contribution in [2.75, 3.05) is 0 Å². The van der Waals surface area contributed by atoms with Gasteiger partial charge in [0.05, 0.1) is 0 Å². The third-order valence-corrected chi connectivity index (χ3v) is 3.83. The lowest BCUT2D eigenvalue weighted by Gasteiger charge is -2.49. The number of amides is 1. The molecule has 0 aromatic heterocycles. The summed E-state index contributed by atoms with van der Waals surface area (Å²) >= 11 is 0. The number of aldehydes is 1. The number of ketones is 3. The van der Waals surface area contributed by atoms with Crippen LogP contribution in [0, 0.1) is 0 Å². The molecule has 0 bridgehead atoms. The van der Waals surface area contributed by atoms with Gasteiger partial charge in [0.1, 0.15) is 12.2 Å². The predicted molar refractivity (Wildman–Crippen MR) is 78.8 cm³/mol. The maximum atomic E-state index is 12.0. The van der Waals surface area contributed by atoms with Gasteiger partial charge in [-0.15, -0.1) is 0 Å². The molecule has 0 heterocycles. The number of nitrogens with one attached hydrogen (secondary N) is 1. The molecule has 5 atom stereocenters. The van der Waals surface area contributed by atoms with E-state index >= 15 is 0 Å². The van der Waals surface area contributed by atoms with Gasteiger partial charge in [0.25, 0.3) is 0 Å². The van der Waals surface area contributed by atoms with Crippen molar-refractivity contribution in [2.24, 2.45) is 0 Å². The van der Waals surface area contributed by atoms with E-state index in [-0.39, 0.29) is 0 Å². The van der Waals surface area contributed by atoms with Crippen LogP contribution in [0.15, 0.2) is 0 Å². The van der Waals surface area contributed by atoms with Gasteiger partial charge in [-0.2, -0.15) is 0 Å². The van der Waals surface area contributed by atoms with Crippen molar-refractivity contribution < 1.29 is 49.5 Å². The van der Waals surface area contributed by atoms with E-state index in [1.807, 2.05) is 0 Å². The minimum absolute atomic E-state index is 0.539. The molecule has 0 fully saturated rings. The Bertz CT molecular complexity index is 604. The summed E-state index contributed by atoms with van der Waals surface area (Å²) in [5, 5.41) is 52.7. The lowest BCUT2D eigenvalue weighted by atomic mass is 9.66. The number of carbonyl (C=O) groups is 5. The molecular weight excluding hydrogens is 342 g/mol. The fraction of sp³-hybridized carbons (Fsp3) is 0.643. The highest BCUT2D eigenvalue weighted by Crippen LogP contribution is 2.37. The number of aliphatic hydroxyl groups excluding tert-OH is 2. The maximum Gasteiger partial charge on any atom is 0.235 e. The largest absolute Gasteiger partial charge is 0.386 e. The number of hydrogen-bond donors (Lipinski definition) is 6. The number of hydrogen-bond acceptors (Lipinski definition) is 10. The number of carbonyl (C=O) groups excluding carboxylic acids is 5. The Morgan fingerprint density at radius 3 is 1.60 bits per heavy atom. The Kier molecular flexibility index (Phi) is 6.84. The van der Waals surface area contributed by atoms with E-state index in [1.54, 1.807) is 0 Å². The first-order chi connectivity index (χ1) is 11.1. The molecule has 0 aromatic carbocycles. The number of rotatable bonds is 9. The lowest BCUT2D eigenvalue weighted by molar-refractivity contribution is -0.257. The number of aliphatic hydroxyl groups is 5. The van der Waals surface area contributed by atoms with Crippen molar-refractivity contribution in [3.63, 3.8) is 0 Å². The van der Waals surface area contributed by atoms with Crippen LogP contribution < -0.4 is 5.32 Å². The summed E-state index contributed by atoms with van der Waals surface area (Å²) in [4.78, 5) is 57.7. The Hall–Kier alpha value is -2.05. The van der Waals surface area contributed by atoms with Crippen LogP contribution >= 0.6 is 0 Å². The summed E-state index contributed by atoms with van der Waals surface area (Å²) in [6, 6.07) is 0. The van der Waals surface area contributed by atoms with Gasteiger partial charge in [0.15, 0.2) is 29.2 Å². The minimum Gasteiger partial charge on any atom is -0.386 e. The number of Topliss-reactive ketones (excluding diaryl/α,β-unsaturated/α-hetero) is 3. The maximum absolute atomic E-state index is 12.0. The molecule has 0 radical (unpaired) electrons. The minimum atomic E-state index is -3.84. The molecule has 25 heavy (non-hydrogen) atoms. The molecule has 0 aliphatic carbocycles. The lowest BCUT2D eigenvalue weighted by Crippen LogP contribution is -2.82. The van der Waals surface area contributed by atoms with E-state index < -0.39 is 58.7 Å². The van der Waals surface area contributed by atoms with Gasteiger partial charge in [0, 0.05) is 6.92 Å². The van der Waals surface area contributed by atoms with E-state index in [1.165, 1.54) is 5.32 Å². The van der Waals surface area contributed by atoms with E-state index in [9.17, 15) is 49.5 Å². The third kappa shape index (κ3) is 3.50.